The summed E-state index contributed by atoms with van der Waals surface area (Å²) in [7, 11) is 0. The van der Waals surface area contributed by atoms with Gasteiger partial charge in [-0.2, -0.15) is 0 Å². The zero-order valence-electron chi connectivity index (χ0n) is 15.2. The Morgan fingerprint density at radius 3 is 1.24 bits per heavy atom. The van der Waals surface area contributed by atoms with Crippen LogP contribution in [0.3, 0.4) is 0 Å². The fourth-order valence-corrected chi connectivity index (χ4v) is 4.55. The van der Waals surface area contributed by atoms with E-state index in [-0.39, 0.29) is 23.1 Å². The van der Waals surface area contributed by atoms with Crippen molar-refractivity contribution in [1.82, 2.24) is 4.98 Å². The molecule has 0 spiro atoms. The molecule has 0 aliphatic heterocycles. The predicted octanol–water partition coefficient (Wildman–Crippen LogP) is 3.56. The minimum Gasteiger partial charge on any atom is -0.293 e. The van der Waals surface area contributed by atoms with Gasteiger partial charge in [-0.15, -0.1) is 0 Å². The first-order chi connectivity index (χ1) is 14.1. The van der Waals surface area contributed by atoms with Crippen molar-refractivity contribution in [2.75, 3.05) is 0 Å². The summed E-state index contributed by atoms with van der Waals surface area (Å²) < 4.78 is 0. The van der Waals surface area contributed by atoms with Crippen molar-refractivity contribution in [2.24, 2.45) is 11.8 Å². The van der Waals surface area contributed by atoms with Crippen LogP contribution < -0.4 is 0 Å². The molecule has 0 radical (unpaired) electrons. The Labute approximate surface area is 166 Å². The van der Waals surface area contributed by atoms with Gasteiger partial charge in [0.25, 0.3) is 0 Å². The van der Waals surface area contributed by atoms with Gasteiger partial charge in [-0.1, -0.05) is 48.5 Å². The average molecular weight is 381 g/mol. The van der Waals surface area contributed by atoms with Gasteiger partial charge in [0.2, 0.25) is 0 Å². The van der Waals surface area contributed by atoms with Gasteiger partial charge in [-0.25, -0.2) is 0 Å². The normalized spacial score (nSPS) is 16.6. The Kier molecular flexibility index (Phi) is 3.84. The molecule has 0 unspecified atom stereocenters. The lowest BCUT2D eigenvalue weighted by atomic mass is 9.73. The van der Waals surface area contributed by atoms with Gasteiger partial charge in [0, 0.05) is 40.6 Å². The summed E-state index contributed by atoms with van der Waals surface area (Å²) in [5, 5.41) is 0. The minimum absolute atomic E-state index is 0.344. The summed E-state index contributed by atoms with van der Waals surface area (Å²) in [4.78, 5) is 56.8. The van der Waals surface area contributed by atoms with Crippen LogP contribution in [-0.2, 0) is 0 Å². The lowest BCUT2D eigenvalue weighted by molar-refractivity contribution is 0.0728. The number of carbonyl (C=O) groups is 4. The molecule has 2 aliphatic carbocycles. The van der Waals surface area contributed by atoms with Crippen LogP contribution in [0, 0.1) is 11.8 Å². The summed E-state index contributed by atoms with van der Waals surface area (Å²) in [6.45, 7) is 0. The summed E-state index contributed by atoms with van der Waals surface area (Å²) in [5.74, 6) is -4.47. The molecule has 0 saturated carbocycles. The highest BCUT2D eigenvalue weighted by molar-refractivity contribution is 6.30. The number of ketones is 4. The van der Waals surface area contributed by atoms with Crippen molar-refractivity contribution < 1.29 is 19.2 Å². The number of carbonyl (C=O) groups excluding carboxylic acids is 4. The maximum absolute atomic E-state index is 13.2. The second-order valence-corrected chi connectivity index (χ2v) is 7.31. The van der Waals surface area contributed by atoms with Crippen LogP contribution in [0.4, 0.5) is 0 Å². The zero-order chi connectivity index (χ0) is 20.1. The van der Waals surface area contributed by atoms with E-state index in [1.807, 2.05) is 0 Å². The van der Waals surface area contributed by atoms with Crippen LogP contribution in [0.2, 0.25) is 0 Å². The quantitative estimate of drug-likeness (QED) is 0.648. The molecule has 0 N–H and O–H groups in total. The van der Waals surface area contributed by atoms with E-state index < -0.39 is 17.8 Å². The SMILES string of the molecule is O=C1c2ccccc2C(=O)C1C(c1ccncc1)C1C(=O)c2ccccc2C1=O. The van der Waals surface area contributed by atoms with Gasteiger partial charge in [-0.05, 0) is 17.7 Å². The van der Waals surface area contributed by atoms with E-state index in [4.69, 9.17) is 0 Å². The molecule has 0 bridgehead atoms. The van der Waals surface area contributed by atoms with Crippen LogP contribution >= 0.6 is 0 Å². The Hall–Kier alpha value is -3.73. The number of hydrogen-bond acceptors (Lipinski definition) is 5. The Balaban J connectivity index is 1.68. The van der Waals surface area contributed by atoms with Gasteiger partial charge in [0.15, 0.2) is 23.1 Å². The highest BCUT2D eigenvalue weighted by Gasteiger charge is 2.52. The summed E-state index contributed by atoms with van der Waals surface area (Å²) in [6.07, 6.45) is 3.08. The van der Waals surface area contributed by atoms with E-state index in [9.17, 15) is 19.2 Å². The molecule has 3 aromatic rings. The van der Waals surface area contributed by atoms with Crippen molar-refractivity contribution in [3.8, 4) is 0 Å². The second-order valence-electron chi connectivity index (χ2n) is 7.31. The molecule has 29 heavy (non-hydrogen) atoms. The van der Waals surface area contributed by atoms with Crippen molar-refractivity contribution in [3.05, 3.63) is 101 Å². The number of pyridine rings is 1. The van der Waals surface area contributed by atoms with Crippen LogP contribution in [0.5, 0.6) is 0 Å². The van der Waals surface area contributed by atoms with E-state index in [0.717, 1.165) is 0 Å². The molecule has 5 rings (SSSR count). The van der Waals surface area contributed by atoms with E-state index in [2.05, 4.69) is 4.98 Å². The van der Waals surface area contributed by atoms with Crippen LogP contribution in [0.25, 0.3) is 0 Å². The number of aromatic nitrogens is 1. The summed E-state index contributed by atoms with van der Waals surface area (Å²) in [6, 6.07) is 16.6. The standard InChI is InChI=1S/C24H15NO4/c26-21-14-5-1-2-6-15(14)22(27)19(21)18(13-9-11-25-12-10-13)20-23(28)16-7-3-4-8-17(16)24(20)29/h1-12,18-20H. The van der Waals surface area contributed by atoms with Crippen molar-refractivity contribution in [1.29, 1.82) is 0 Å². The lowest BCUT2D eigenvalue weighted by Gasteiger charge is -2.26. The summed E-state index contributed by atoms with van der Waals surface area (Å²) in [5.41, 5.74) is 1.96. The smallest absolute Gasteiger partial charge is 0.175 e. The van der Waals surface area contributed by atoms with Gasteiger partial charge in [0.1, 0.15) is 0 Å². The van der Waals surface area contributed by atoms with Crippen molar-refractivity contribution in [3.63, 3.8) is 0 Å². The molecule has 140 valence electrons. The molecule has 2 aliphatic rings. The number of hydrogen-bond donors (Lipinski definition) is 0. The van der Waals surface area contributed by atoms with E-state index in [1.54, 1.807) is 60.7 Å². The van der Waals surface area contributed by atoms with Crippen LogP contribution in [0.1, 0.15) is 52.9 Å². The fraction of sp³-hybridized carbons (Fsp3) is 0.125. The number of benzene rings is 2. The Bertz CT molecular complexity index is 1050. The third-order valence-corrected chi connectivity index (χ3v) is 5.86. The van der Waals surface area contributed by atoms with E-state index in [1.165, 1.54) is 12.4 Å². The average Bonchev–Trinajstić information content (AvgIpc) is 3.16. The lowest BCUT2D eigenvalue weighted by Crippen LogP contribution is -2.34. The predicted molar refractivity (Wildman–Crippen MR) is 104 cm³/mol. The maximum atomic E-state index is 13.2. The molecule has 0 atom stereocenters. The first kappa shape index (κ1) is 17.4. The second kappa shape index (κ2) is 6.41. The van der Waals surface area contributed by atoms with E-state index >= 15 is 0 Å². The molecule has 1 aromatic heterocycles. The van der Waals surface area contributed by atoms with Crippen molar-refractivity contribution >= 4 is 23.1 Å². The number of rotatable bonds is 3. The largest absolute Gasteiger partial charge is 0.293 e. The highest BCUT2D eigenvalue weighted by Crippen LogP contribution is 2.45. The third kappa shape index (κ3) is 2.44. The van der Waals surface area contributed by atoms with Crippen LogP contribution in [0.15, 0.2) is 73.1 Å². The Morgan fingerprint density at radius 1 is 0.552 bits per heavy atom. The monoisotopic (exact) mass is 381 g/mol. The van der Waals surface area contributed by atoms with Gasteiger partial charge >= 0.3 is 0 Å². The van der Waals surface area contributed by atoms with Crippen molar-refractivity contribution in [2.45, 2.75) is 5.92 Å². The molecular weight excluding hydrogens is 366 g/mol. The molecular formula is C24H15NO4. The van der Waals surface area contributed by atoms with Gasteiger partial charge in [-0.3, -0.25) is 24.2 Å². The zero-order valence-corrected chi connectivity index (χ0v) is 15.2. The number of Topliss-reactive ketones (excluding diaryl/α,β-unsaturated/α-hetero) is 4. The highest BCUT2D eigenvalue weighted by atomic mass is 16.2. The van der Waals surface area contributed by atoms with Gasteiger partial charge < -0.3 is 0 Å². The number of fused-ring (bicyclic) bond motifs is 2. The molecule has 1 heterocycles. The minimum atomic E-state index is -1.11. The molecule has 2 aromatic carbocycles. The fourth-order valence-electron chi connectivity index (χ4n) is 4.55. The van der Waals surface area contributed by atoms with Crippen LogP contribution in [-0.4, -0.2) is 28.1 Å². The molecule has 0 saturated heterocycles. The molecule has 5 heteroatoms. The third-order valence-electron chi connectivity index (χ3n) is 5.86. The van der Waals surface area contributed by atoms with E-state index in [0.29, 0.717) is 27.8 Å². The first-order valence-electron chi connectivity index (χ1n) is 9.34. The summed E-state index contributed by atoms with van der Waals surface area (Å²) >= 11 is 0. The molecule has 0 amide bonds. The number of nitrogens with zero attached hydrogens (tertiary/aromatic N) is 1. The topological polar surface area (TPSA) is 81.2 Å². The molecule has 0 fully saturated rings. The first-order valence-corrected chi connectivity index (χ1v) is 9.34. The van der Waals surface area contributed by atoms with Gasteiger partial charge in [0.05, 0.1) is 11.8 Å². The maximum Gasteiger partial charge on any atom is 0.175 e. The molecule has 5 nitrogen and oxygen atoms in total. The Morgan fingerprint density at radius 2 is 0.897 bits per heavy atom.